The minimum absolute atomic E-state index is 0.166. The van der Waals surface area contributed by atoms with Gasteiger partial charge < -0.3 is 10.5 Å². The number of sulfone groups is 1. The molecule has 0 fully saturated rings. The van der Waals surface area contributed by atoms with Gasteiger partial charge in [0.15, 0.2) is 9.84 Å². The first-order valence-corrected chi connectivity index (χ1v) is 7.01. The topological polar surface area (TPSA) is 69.4 Å². The standard InChI is InChI=1S/C10H14BrNO3S/c1-7(6-15-2)16(13,14)10-4-3-8(12)5-9(10)11/h3-5,7H,6,12H2,1-2H3. The van der Waals surface area contributed by atoms with Crippen LogP contribution in [-0.4, -0.2) is 27.4 Å². The van der Waals surface area contributed by atoms with Gasteiger partial charge in [-0.15, -0.1) is 0 Å². The molecule has 4 nitrogen and oxygen atoms in total. The Morgan fingerprint density at radius 1 is 1.50 bits per heavy atom. The Labute approximate surface area is 104 Å². The van der Waals surface area contributed by atoms with Crippen molar-refractivity contribution in [1.29, 1.82) is 0 Å². The fourth-order valence-corrected chi connectivity index (χ4v) is 3.70. The number of halogens is 1. The molecule has 0 aromatic heterocycles. The zero-order chi connectivity index (χ0) is 12.3. The summed E-state index contributed by atoms with van der Waals surface area (Å²) in [6.45, 7) is 1.78. The molecule has 1 atom stereocenters. The van der Waals surface area contributed by atoms with Crippen molar-refractivity contribution < 1.29 is 13.2 Å². The van der Waals surface area contributed by atoms with Crippen molar-refractivity contribution in [1.82, 2.24) is 0 Å². The number of methoxy groups -OCH3 is 1. The summed E-state index contributed by atoms with van der Waals surface area (Å²) in [5.74, 6) is 0. The summed E-state index contributed by atoms with van der Waals surface area (Å²) in [7, 11) is -1.90. The summed E-state index contributed by atoms with van der Waals surface area (Å²) < 4.78 is 29.5. The van der Waals surface area contributed by atoms with E-state index in [1.54, 1.807) is 19.1 Å². The molecule has 1 aromatic rings. The van der Waals surface area contributed by atoms with Crippen LogP contribution in [0.15, 0.2) is 27.6 Å². The third kappa shape index (κ3) is 2.75. The number of hydrogen-bond acceptors (Lipinski definition) is 4. The fraction of sp³-hybridized carbons (Fsp3) is 0.400. The van der Waals surface area contributed by atoms with Crippen molar-refractivity contribution in [3.63, 3.8) is 0 Å². The second-order valence-corrected chi connectivity index (χ2v) is 6.69. The summed E-state index contributed by atoms with van der Waals surface area (Å²) in [5, 5.41) is -0.586. The Morgan fingerprint density at radius 2 is 2.12 bits per heavy atom. The maximum Gasteiger partial charge on any atom is 0.184 e. The minimum atomic E-state index is -3.38. The van der Waals surface area contributed by atoms with E-state index >= 15 is 0 Å². The van der Waals surface area contributed by atoms with Crippen LogP contribution >= 0.6 is 15.9 Å². The lowest BCUT2D eigenvalue weighted by atomic mass is 10.3. The largest absolute Gasteiger partial charge is 0.399 e. The average molecular weight is 308 g/mol. The van der Waals surface area contributed by atoms with Crippen molar-refractivity contribution in [2.45, 2.75) is 17.1 Å². The monoisotopic (exact) mass is 307 g/mol. The molecule has 0 saturated heterocycles. The Bertz CT molecular complexity index is 473. The van der Waals surface area contributed by atoms with Crippen LogP contribution in [0.2, 0.25) is 0 Å². The maximum atomic E-state index is 12.1. The van der Waals surface area contributed by atoms with Gasteiger partial charge in [0.2, 0.25) is 0 Å². The van der Waals surface area contributed by atoms with Crippen LogP contribution in [0.5, 0.6) is 0 Å². The SMILES string of the molecule is COCC(C)S(=O)(=O)c1ccc(N)cc1Br. The number of anilines is 1. The van der Waals surface area contributed by atoms with E-state index in [2.05, 4.69) is 15.9 Å². The van der Waals surface area contributed by atoms with Crippen LogP contribution in [-0.2, 0) is 14.6 Å². The molecule has 0 spiro atoms. The summed E-state index contributed by atoms with van der Waals surface area (Å²) in [6.07, 6.45) is 0. The Balaban J connectivity index is 3.17. The molecule has 1 aromatic carbocycles. The quantitative estimate of drug-likeness (QED) is 0.862. The van der Waals surface area contributed by atoms with Crippen molar-refractivity contribution in [2.75, 3.05) is 19.5 Å². The molecule has 0 radical (unpaired) electrons. The highest BCUT2D eigenvalue weighted by Gasteiger charge is 2.25. The smallest absolute Gasteiger partial charge is 0.184 e. The first kappa shape index (κ1) is 13.5. The number of nitrogen functional groups attached to an aromatic ring is 1. The Kier molecular flexibility index (Phi) is 4.35. The second kappa shape index (κ2) is 5.16. The second-order valence-electron chi connectivity index (χ2n) is 3.50. The van der Waals surface area contributed by atoms with E-state index in [-0.39, 0.29) is 11.5 Å². The van der Waals surface area contributed by atoms with Gasteiger partial charge in [-0.05, 0) is 41.1 Å². The van der Waals surface area contributed by atoms with Crippen molar-refractivity contribution in [3.8, 4) is 0 Å². The Morgan fingerprint density at radius 3 is 2.62 bits per heavy atom. The van der Waals surface area contributed by atoms with Crippen LogP contribution in [0.1, 0.15) is 6.92 Å². The van der Waals surface area contributed by atoms with E-state index in [0.29, 0.717) is 10.2 Å². The van der Waals surface area contributed by atoms with Gasteiger partial charge in [0, 0.05) is 17.3 Å². The van der Waals surface area contributed by atoms with Crippen molar-refractivity contribution in [3.05, 3.63) is 22.7 Å². The first-order chi connectivity index (χ1) is 7.39. The molecule has 0 aliphatic carbocycles. The number of rotatable bonds is 4. The lowest BCUT2D eigenvalue weighted by molar-refractivity contribution is 0.200. The van der Waals surface area contributed by atoms with E-state index in [0.717, 1.165) is 0 Å². The Hall–Kier alpha value is -0.590. The average Bonchev–Trinajstić information content (AvgIpc) is 2.17. The highest BCUT2D eigenvalue weighted by Crippen LogP contribution is 2.27. The van der Waals surface area contributed by atoms with E-state index in [9.17, 15) is 8.42 Å². The van der Waals surface area contributed by atoms with Crippen LogP contribution < -0.4 is 5.73 Å². The maximum absolute atomic E-state index is 12.1. The van der Waals surface area contributed by atoms with E-state index in [1.807, 2.05) is 0 Å². The molecule has 0 aliphatic rings. The molecule has 6 heteroatoms. The molecular formula is C10H14BrNO3S. The van der Waals surface area contributed by atoms with Crippen LogP contribution in [0, 0.1) is 0 Å². The third-order valence-electron chi connectivity index (χ3n) is 2.19. The zero-order valence-corrected chi connectivity index (χ0v) is 11.5. The molecule has 1 unspecified atom stereocenters. The number of benzene rings is 1. The normalized spacial score (nSPS) is 13.7. The van der Waals surface area contributed by atoms with Gasteiger partial charge >= 0.3 is 0 Å². The summed E-state index contributed by atoms with van der Waals surface area (Å²) in [4.78, 5) is 0.242. The molecule has 0 saturated carbocycles. The summed E-state index contributed by atoms with van der Waals surface area (Å²) in [6, 6.07) is 4.64. The third-order valence-corrected chi connectivity index (χ3v) is 5.28. The van der Waals surface area contributed by atoms with Gasteiger partial charge in [0.25, 0.3) is 0 Å². The lowest BCUT2D eigenvalue weighted by Crippen LogP contribution is -2.23. The predicted molar refractivity (Wildman–Crippen MR) is 67.1 cm³/mol. The molecule has 2 N–H and O–H groups in total. The number of nitrogens with two attached hydrogens (primary N) is 1. The highest BCUT2D eigenvalue weighted by atomic mass is 79.9. The molecule has 0 bridgehead atoms. The predicted octanol–water partition coefficient (Wildman–Crippen LogP) is 1.84. The first-order valence-electron chi connectivity index (χ1n) is 4.67. The lowest BCUT2D eigenvalue weighted by Gasteiger charge is -2.13. The molecule has 16 heavy (non-hydrogen) atoms. The summed E-state index contributed by atoms with van der Waals surface area (Å²) in [5.41, 5.74) is 6.07. The van der Waals surface area contributed by atoms with Gasteiger partial charge in [-0.3, -0.25) is 0 Å². The van der Waals surface area contributed by atoms with E-state index in [1.165, 1.54) is 13.2 Å². The molecule has 0 heterocycles. The minimum Gasteiger partial charge on any atom is -0.399 e. The van der Waals surface area contributed by atoms with Gasteiger partial charge in [-0.1, -0.05) is 0 Å². The van der Waals surface area contributed by atoms with Crippen molar-refractivity contribution >= 4 is 31.5 Å². The van der Waals surface area contributed by atoms with Crippen LogP contribution in [0.3, 0.4) is 0 Å². The van der Waals surface area contributed by atoms with Crippen LogP contribution in [0.4, 0.5) is 5.69 Å². The summed E-state index contributed by atoms with van der Waals surface area (Å²) >= 11 is 3.20. The molecule has 0 amide bonds. The fourth-order valence-electron chi connectivity index (χ4n) is 1.29. The number of hydrogen-bond donors (Lipinski definition) is 1. The highest BCUT2D eigenvalue weighted by molar-refractivity contribution is 9.10. The molecule has 90 valence electrons. The molecule has 0 aliphatic heterocycles. The van der Waals surface area contributed by atoms with Crippen LogP contribution in [0.25, 0.3) is 0 Å². The number of ether oxygens (including phenoxy) is 1. The van der Waals surface area contributed by atoms with E-state index < -0.39 is 15.1 Å². The zero-order valence-electron chi connectivity index (χ0n) is 9.10. The van der Waals surface area contributed by atoms with Gasteiger partial charge in [-0.25, -0.2) is 8.42 Å². The van der Waals surface area contributed by atoms with Crippen molar-refractivity contribution in [2.24, 2.45) is 0 Å². The molecular weight excluding hydrogens is 294 g/mol. The van der Waals surface area contributed by atoms with Gasteiger partial charge in [0.05, 0.1) is 16.8 Å². The molecule has 1 rings (SSSR count). The van der Waals surface area contributed by atoms with Gasteiger partial charge in [0.1, 0.15) is 0 Å². The van der Waals surface area contributed by atoms with E-state index in [4.69, 9.17) is 10.5 Å². The van der Waals surface area contributed by atoms with Gasteiger partial charge in [-0.2, -0.15) is 0 Å².